The summed E-state index contributed by atoms with van der Waals surface area (Å²) in [4.78, 5) is 17.8. The first-order chi connectivity index (χ1) is 14.7. The van der Waals surface area contributed by atoms with Crippen LogP contribution in [0, 0.1) is 11.8 Å². The van der Waals surface area contributed by atoms with Crippen molar-refractivity contribution < 1.29 is 27.9 Å². The van der Waals surface area contributed by atoms with Crippen molar-refractivity contribution in [1.29, 1.82) is 0 Å². The lowest BCUT2D eigenvalue weighted by atomic mass is 9.99. The largest absolute Gasteiger partial charge is 0.396 e. The van der Waals surface area contributed by atoms with E-state index in [2.05, 4.69) is 11.8 Å². The minimum absolute atomic E-state index is 0.115. The van der Waals surface area contributed by atoms with Crippen LogP contribution in [-0.2, 0) is 24.2 Å². The van der Waals surface area contributed by atoms with Gasteiger partial charge >= 0.3 is 5.97 Å². The molecular weight excluding hydrogens is 418 g/mol. The van der Waals surface area contributed by atoms with Gasteiger partial charge in [0.05, 0.1) is 13.2 Å². The number of aliphatic hydroxyl groups excluding tert-OH is 1. The van der Waals surface area contributed by atoms with Gasteiger partial charge in [0.1, 0.15) is 6.61 Å². The molecule has 1 unspecified atom stereocenters. The highest BCUT2D eigenvalue weighted by molar-refractivity contribution is 7.92. The van der Waals surface area contributed by atoms with Gasteiger partial charge in [-0.3, -0.25) is 0 Å². The number of benzene rings is 1. The molecule has 0 radical (unpaired) electrons. The number of nitrogens with zero attached hydrogens (tertiary/aromatic N) is 1. The first-order valence-electron chi connectivity index (χ1n) is 10.3. The van der Waals surface area contributed by atoms with E-state index in [0.717, 1.165) is 23.0 Å². The average molecular weight is 450 g/mol. The van der Waals surface area contributed by atoms with Gasteiger partial charge in [-0.05, 0) is 49.5 Å². The van der Waals surface area contributed by atoms with Gasteiger partial charge in [-0.25, -0.2) is 13.2 Å². The van der Waals surface area contributed by atoms with Gasteiger partial charge in [0.25, 0.3) is 0 Å². The molecule has 1 atom stereocenters. The third-order valence-electron chi connectivity index (χ3n) is 5.42. The molecule has 31 heavy (non-hydrogen) atoms. The predicted molar refractivity (Wildman–Crippen MR) is 120 cm³/mol. The van der Waals surface area contributed by atoms with Crippen LogP contribution in [0.25, 0.3) is 5.57 Å². The summed E-state index contributed by atoms with van der Waals surface area (Å²) in [5.41, 5.74) is 3.10. The fourth-order valence-electron chi connectivity index (χ4n) is 2.96. The SMILES string of the molecule is CCC(C)(C(=O)ON1CC=C(c2ccc(C#CCOCCCO)cc2)CC1)S(C)(=O)=O. The molecule has 7 nitrogen and oxygen atoms in total. The molecule has 8 heteroatoms. The van der Waals surface area contributed by atoms with Crippen LogP contribution in [0.15, 0.2) is 30.3 Å². The van der Waals surface area contributed by atoms with Crippen molar-refractivity contribution in [3.63, 3.8) is 0 Å². The molecule has 0 bridgehead atoms. The Bertz CT molecular complexity index is 943. The zero-order valence-corrected chi connectivity index (χ0v) is 19.2. The zero-order valence-electron chi connectivity index (χ0n) is 18.4. The molecule has 170 valence electrons. The van der Waals surface area contributed by atoms with Crippen molar-refractivity contribution in [3.8, 4) is 11.8 Å². The summed E-state index contributed by atoms with van der Waals surface area (Å²) in [6, 6.07) is 7.90. The Morgan fingerprint density at radius 2 is 2.00 bits per heavy atom. The first-order valence-corrected chi connectivity index (χ1v) is 12.2. The molecule has 0 spiro atoms. The normalized spacial score (nSPS) is 16.6. The Morgan fingerprint density at radius 3 is 2.55 bits per heavy atom. The zero-order chi connectivity index (χ0) is 22.9. The minimum Gasteiger partial charge on any atom is -0.396 e. The number of ether oxygens (including phenoxy) is 1. The molecule has 1 heterocycles. The van der Waals surface area contributed by atoms with E-state index in [1.807, 2.05) is 30.3 Å². The smallest absolute Gasteiger partial charge is 0.346 e. The number of hydrogen-bond acceptors (Lipinski definition) is 7. The Kier molecular flexibility index (Phi) is 9.26. The number of hydroxylamine groups is 2. The Morgan fingerprint density at radius 1 is 1.29 bits per heavy atom. The molecule has 0 fully saturated rings. The standard InChI is InChI=1S/C23H31NO6S/c1-4-23(2,31(3,27)28)22(26)30-24-14-12-21(13-15-24)20-10-8-19(9-11-20)7-5-17-29-18-6-16-25/h8-12,25H,4,6,13-18H2,1-3H3. The van der Waals surface area contributed by atoms with E-state index in [-0.39, 0.29) is 13.0 Å². The Hall–Kier alpha value is -2.18. The summed E-state index contributed by atoms with van der Waals surface area (Å²) in [5.74, 6) is 5.25. The molecule has 1 aromatic rings. The molecule has 1 aliphatic heterocycles. The molecule has 0 aliphatic carbocycles. The van der Waals surface area contributed by atoms with Gasteiger partial charge in [-0.1, -0.05) is 37.0 Å². The molecule has 0 amide bonds. The molecule has 0 saturated carbocycles. The number of sulfone groups is 1. The van der Waals surface area contributed by atoms with E-state index in [4.69, 9.17) is 14.7 Å². The lowest BCUT2D eigenvalue weighted by Gasteiger charge is -2.30. The molecule has 1 aromatic carbocycles. The fraction of sp³-hybridized carbons (Fsp3) is 0.522. The lowest BCUT2D eigenvalue weighted by Crippen LogP contribution is -2.47. The van der Waals surface area contributed by atoms with Crippen LogP contribution in [0.1, 0.15) is 44.2 Å². The van der Waals surface area contributed by atoms with Crippen molar-refractivity contribution >= 4 is 21.4 Å². The van der Waals surface area contributed by atoms with Crippen LogP contribution in [0.4, 0.5) is 0 Å². The number of rotatable bonds is 9. The Labute approximate surface area is 184 Å². The minimum atomic E-state index is -3.58. The van der Waals surface area contributed by atoms with E-state index in [1.165, 1.54) is 12.0 Å². The maximum Gasteiger partial charge on any atom is 0.346 e. The van der Waals surface area contributed by atoms with Gasteiger partial charge in [-0.2, -0.15) is 0 Å². The summed E-state index contributed by atoms with van der Waals surface area (Å²) >= 11 is 0. The number of carbonyl (C=O) groups excluding carboxylic acids is 1. The van der Waals surface area contributed by atoms with Crippen LogP contribution in [-0.4, -0.2) is 68.5 Å². The lowest BCUT2D eigenvalue weighted by molar-refractivity contribution is -0.191. The van der Waals surface area contributed by atoms with Crippen molar-refractivity contribution in [2.24, 2.45) is 0 Å². The molecule has 1 aliphatic rings. The van der Waals surface area contributed by atoms with Crippen LogP contribution in [0.2, 0.25) is 0 Å². The van der Waals surface area contributed by atoms with Crippen LogP contribution in [0.5, 0.6) is 0 Å². The number of aliphatic hydroxyl groups is 1. The molecule has 0 saturated heterocycles. The average Bonchev–Trinajstić information content (AvgIpc) is 2.75. The van der Waals surface area contributed by atoms with E-state index in [1.54, 1.807) is 6.92 Å². The van der Waals surface area contributed by atoms with Crippen molar-refractivity contribution in [2.75, 3.05) is 39.2 Å². The van der Waals surface area contributed by atoms with E-state index in [0.29, 0.717) is 39.1 Å². The third-order valence-corrected chi connectivity index (χ3v) is 7.51. The molecule has 0 aromatic heterocycles. The first kappa shape index (κ1) is 25.1. The van der Waals surface area contributed by atoms with E-state index in [9.17, 15) is 13.2 Å². The summed E-state index contributed by atoms with van der Waals surface area (Å²) in [6.07, 6.45) is 4.49. The quantitative estimate of drug-likeness (QED) is 0.456. The van der Waals surface area contributed by atoms with Gasteiger partial charge in [-0.15, -0.1) is 5.06 Å². The van der Waals surface area contributed by atoms with E-state index >= 15 is 0 Å². The number of hydrogen-bond donors (Lipinski definition) is 1. The molecule has 2 rings (SSSR count). The van der Waals surface area contributed by atoms with Crippen LogP contribution < -0.4 is 0 Å². The second-order valence-electron chi connectivity index (χ2n) is 7.61. The van der Waals surface area contributed by atoms with Gasteiger partial charge in [0, 0.05) is 25.0 Å². The van der Waals surface area contributed by atoms with Crippen LogP contribution >= 0.6 is 0 Å². The van der Waals surface area contributed by atoms with Crippen molar-refractivity contribution in [2.45, 2.75) is 37.9 Å². The van der Waals surface area contributed by atoms with Crippen molar-refractivity contribution in [1.82, 2.24) is 5.06 Å². The summed E-state index contributed by atoms with van der Waals surface area (Å²) in [6.45, 7) is 4.90. The second kappa shape index (κ2) is 11.4. The second-order valence-corrected chi connectivity index (χ2v) is 10.1. The van der Waals surface area contributed by atoms with Gasteiger partial charge < -0.3 is 14.7 Å². The fourth-order valence-corrected chi connectivity index (χ4v) is 3.83. The highest BCUT2D eigenvalue weighted by Gasteiger charge is 2.44. The summed E-state index contributed by atoms with van der Waals surface area (Å²) < 4.78 is 27.7. The highest BCUT2D eigenvalue weighted by Crippen LogP contribution is 2.26. The summed E-state index contributed by atoms with van der Waals surface area (Å²) in [5, 5.41) is 10.2. The van der Waals surface area contributed by atoms with Crippen LogP contribution in [0.3, 0.4) is 0 Å². The third kappa shape index (κ3) is 6.91. The van der Waals surface area contributed by atoms with Gasteiger partial charge in [0.2, 0.25) is 0 Å². The monoisotopic (exact) mass is 449 g/mol. The van der Waals surface area contributed by atoms with Crippen molar-refractivity contribution in [3.05, 3.63) is 41.5 Å². The maximum atomic E-state index is 12.5. The highest BCUT2D eigenvalue weighted by atomic mass is 32.2. The topological polar surface area (TPSA) is 93.1 Å². The molecular formula is C23H31NO6S. The number of carbonyl (C=O) groups is 1. The molecule has 1 N–H and O–H groups in total. The maximum absolute atomic E-state index is 12.5. The van der Waals surface area contributed by atoms with Gasteiger partial charge in [0.15, 0.2) is 14.6 Å². The predicted octanol–water partition coefficient (Wildman–Crippen LogP) is 2.20. The van der Waals surface area contributed by atoms with E-state index < -0.39 is 20.6 Å². The Balaban J connectivity index is 1.92. The summed E-state index contributed by atoms with van der Waals surface area (Å²) in [7, 11) is -3.58.